The van der Waals surface area contributed by atoms with Gasteiger partial charge in [0, 0.05) is 15.2 Å². The summed E-state index contributed by atoms with van der Waals surface area (Å²) < 4.78 is 3.61. The van der Waals surface area contributed by atoms with Gasteiger partial charge < -0.3 is 0 Å². The van der Waals surface area contributed by atoms with Gasteiger partial charge in [0.15, 0.2) is 0 Å². The highest BCUT2D eigenvalue weighted by molar-refractivity contribution is 9.10. The smallest absolute Gasteiger partial charge is 0.0692 e. The topological polar surface area (TPSA) is 0 Å². The first-order valence-corrected chi connectivity index (χ1v) is 5.52. The Morgan fingerprint density at radius 2 is 1.90 bits per heavy atom. The lowest BCUT2D eigenvalue weighted by atomic mass is 10.5. The molecule has 0 amide bonds. The standard InChI is InChI=1S/C6H2BrClS2/c7-3-1-9-6-4(8)2-10-5(3)6/h1-2H. The fraction of sp³-hybridized carbons (Fsp3) is 0. The van der Waals surface area contributed by atoms with Crippen LogP contribution in [-0.2, 0) is 0 Å². The van der Waals surface area contributed by atoms with Crippen molar-refractivity contribution in [3.05, 3.63) is 20.3 Å². The molecule has 2 rings (SSSR count). The largest absolute Gasteiger partial charge is 0.140 e. The van der Waals surface area contributed by atoms with Crippen LogP contribution in [0.3, 0.4) is 0 Å². The minimum Gasteiger partial charge on any atom is -0.140 e. The second-order valence-electron chi connectivity index (χ2n) is 1.83. The lowest BCUT2D eigenvalue weighted by molar-refractivity contribution is 2.09. The Labute approximate surface area is 79.6 Å². The van der Waals surface area contributed by atoms with E-state index < -0.39 is 0 Å². The zero-order valence-electron chi connectivity index (χ0n) is 4.73. The molecule has 52 valence electrons. The highest BCUT2D eigenvalue weighted by atomic mass is 79.9. The Kier molecular flexibility index (Phi) is 1.76. The van der Waals surface area contributed by atoms with Crippen LogP contribution in [0.25, 0.3) is 9.40 Å². The molecule has 0 saturated heterocycles. The van der Waals surface area contributed by atoms with E-state index in [4.69, 9.17) is 11.6 Å². The van der Waals surface area contributed by atoms with Gasteiger partial charge >= 0.3 is 0 Å². The highest BCUT2D eigenvalue weighted by Crippen LogP contribution is 2.39. The second-order valence-corrected chi connectivity index (χ2v) is 4.85. The molecule has 0 bridgehead atoms. The normalized spacial score (nSPS) is 11.0. The molecule has 0 fully saturated rings. The molecule has 4 heteroatoms. The summed E-state index contributed by atoms with van der Waals surface area (Å²) >= 11 is 12.7. The molecule has 0 atom stereocenters. The fourth-order valence-electron chi connectivity index (χ4n) is 0.765. The van der Waals surface area contributed by atoms with E-state index in [1.54, 1.807) is 22.7 Å². The zero-order chi connectivity index (χ0) is 7.14. The highest BCUT2D eigenvalue weighted by Gasteiger charge is 2.05. The molecule has 0 aliphatic rings. The quantitative estimate of drug-likeness (QED) is 0.654. The van der Waals surface area contributed by atoms with E-state index in [0.717, 1.165) is 9.50 Å². The molecule has 0 nitrogen and oxygen atoms in total. The predicted molar refractivity (Wildman–Crippen MR) is 52.4 cm³/mol. The van der Waals surface area contributed by atoms with Gasteiger partial charge in [0.05, 0.1) is 14.4 Å². The Morgan fingerprint density at radius 1 is 1.20 bits per heavy atom. The van der Waals surface area contributed by atoms with Gasteiger partial charge in [-0.25, -0.2) is 0 Å². The van der Waals surface area contributed by atoms with Crippen molar-refractivity contribution < 1.29 is 0 Å². The first-order chi connectivity index (χ1) is 4.79. The number of hydrogen-bond acceptors (Lipinski definition) is 2. The van der Waals surface area contributed by atoms with Gasteiger partial charge in [-0.05, 0) is 15.9 Å². The minimum absolute atomic E-state index is 0.871. The molecule has 0 radical (unpaired) electrons. The van der Waals surface area contributed by atoms with E-state index in [0.29, 0.717) is 0 Å². The van der Waals surface area contributed by atoms with Gasteiger partial charge in [0.1, 0.15) is 0 Å². The number of rotatable bonds is 0. The molecule has 0 N–H and O–H groups in total. The Morgan fingerprint density at radius 3 is 2.60 bits per heavy atom. The van der Waals surface area contributed by atoms with Gasteiger partial charge in [-0.1, -0.05) is 11.6 Å². The van der Waals surface area contributed by atoms with Crippen LogP contribution in [0, 0.1) is 0 Å². The van der Waals surface area contributed by atoms with Gasteiger partial charge in [0.25, 0.3) is 0 Å². The van der Waals surface area contributed by atoms with E-state index >= 15 is 0 Å². The van der Waals surface area contributed by atoms with E-state index in [9.17, 15) is 0 Å². The molecule has 0 aliphatic carbocycles. The van der Waals surface area contributed by atoms with Crippen LogP contribution in [0.5, 0.6) is 0 Å². The van der Waals surface area contributed by atoms with Crippen molar-refractivity contribution in [3.63, 3.8) is 0 Å². The molecule has 0 aromatic carbocycles. The van der Waals surface area contributed by atoms with Crippen LogP contribution in [0.1, 0.15) is 0 Å². The molecule has 10 heavy (non-hydrogen) atoms. The first-order valence-electron chi connectivity index (χ1n) is 2.58. The molecule has 0 unspecified atom stereocenters. The lowest BCUT2D eigenvalue weighted by Gasteiger charge is -1.74. The average molecular weight is 254 g/mol. The molecule has 2 aromatic heterocycles. The van der Waals surface area contributed by atoms with E-state index in [-0.39, 0.29) is 0 Å². The summed E-state index contributed by atoms with van der Waals surface area (Å²) in [5, 5.41) is 4.90. The third-order valence-corrected chi connectivity index (χ3v) is 5.09. The summed E-state index contributed by atoms with van der Waals surface area (Å²) in [7, 11) is 0. The number of halogens is 2. The summed E-state index contributed by atoms with van der Waals surface area (Å²) in [4.78, 5) is 0. The first kappa shape index (κ1) is 7.10. The van der Waals surface area contributed by atoms with Crippen molar-refractivity contribution in [3.8, 4) is 0 Å². The SMILES string of the molecule is Clc1csc2c(Br)csc12. The van der Waals surface area contributed by atoms with Crippen LogP contribution >= 0.6 is 50.2 Å². The summed E-state index contributed by atoms with van der Waals surface area (Å²) in [6.07, 6.45) is 0. The average Bonchev–Trinajstić information content (AvgIpc) is 2.41. The fourth-order valence-corrected chi connectivity index (χ4v) is 3.97. The van der Waals surface area contributed by atoms with Gasteiger partial charge in [0.2, 0.25) is 0 Å². The molecule has 0 saturated carbocycles. The number of hydrogen-bond donors (Lipinski definition) is 0. The van der Waals surface area contributed by atoms with Crippen molar-refractivity contribution in [1.82, 2.24) is 0 Å². The lowest BCUT2D eigenvalue weighted by Crippen LogP contribution is -1.45. The van der Waals surface area contributed by atoms with Crippen LogP contribution in [0.15, 0.2) is 15.2 Å². The van der Waals surface area contributed by atoms with Crippen molar-refractivity contribution in [2.75, 3.05) is 0 Å². The zero-order valence-corrected chi connectivity index (χ0v) is 8.70. The van der Waals surface area contributed by atoms with Crippen molar-refractivity contribution in [2.45, 2.75) is 0 Å². The van der Waals surface area contributed by atoms with E-state index in [1.165, 1.54) is 9.40 Å². The summed E-state index contributed by atoms with van der Waals surface area (Å²) in [5.41, 5.74) is 0. The van der Waals surface area contributed by atoms with Crippen molar-refractivity contribution >= 4 is 59.6 Å². The maximum Gasteiger partial charge on any atom is 0.0692 e. The predicted octanol–water partition coefficient (Wildman–Crippen LogP) is 4.38. The molecule has 2 heterocycles. The third-order valence-electron chi connectivity index (χ3n) is 1.20. The number of fused-ring (bicyclic) bond motifs is 1. The van der Waals surface area contributed by atoms with Gasteiger partial charge in [-0.15, -0.1) is 22.7 Å². The van der Waals surface area contributed by atoms with Crippen LogP contribution in [0.4, 0.5) is 0 Å². The maximum absolute atomic E-state index is 5.89. The molecule has 0 aliphatic heterocycles. The summed E-state index contributed by atoms with van der Waals surface area (Å²) in [6.45, 7) is 0. The van der Waals surface area contributed by atoms with Crippen molar-refractivity contribution in [1.29, 1.82) is 0 Å². The van der Waals surface area contributed by atoms with Crippen LogP contribution in [0.2, 0.25) is 5.02 Å². The monoisotopic (exact) mass is 252 g/mol. The Balaban J connectivity index is 2.95. The van der Waals surface area contributed by atoms with Gasteiger partial charge in [-0.2, -0.15) is 0 Å². The Bertz CT molecular complexity index is 327. The van der Waals surface area contributed by atoms with Gasteiger partial charge in [-0.3, -0.25) is 0 Å². The molecular formula is C6H2BrClS2. The van der Waals surface area contributed by atoms with E-state index in [1.807, 2.05) is 5.38 Å². The summed E-state index contributed by atoms with van der Waals surface area (Å²) in [6, 6.07) is 0. The van der Waals surface area contributed by atoms with Crippen LogP contribution in [-0.4, -0.2) is 0 Å². The molecular weight excluding hydrogens is 252 g/mol. The minimum atomic E-state index is 0.871. The second kappa shape index (κ2) is 2.48. The maximum atomic E-state index is 5.89. The van der Waals surface area contributed by atoms with E-state index in [2.05, 4.69) is 21.3 Å². The van der Waals surface area contributed by atoms with Crippen LogP contribution < -0.4 is 0 Å². The molecule has 0 spiro atoms. The third kappa shape index (κ3) is 0.925. The van der Waals surface area contributed by atoms with Crippen molar-refractivity contribution in [2.24, 2.45) is 0 Å². The Hall–Kier alpha value is 0.430. The summed E-state index contributed by atoms with van der Waals surface area (Å²) in [5.74, 6) is 0. The molecule has 2 aromatic rings. The number of thiophene rings is 2.